The summed E-state index contributed by atoms with van der Waals surface area (Å²) in [5.74, 6) is 0.166. The predicted octanol–water partition coefficient (Wildman–Crippen LogP) is 2.22. The molecule has 4 nitrogen and oxygen atoms in total. The maximum atomic E-state index is 11.7. The first-order valence-corrected chi connectivity index (χ1v) is 5.72. The molecule has 2 atom stereocenters. The summed E-state index contributed by atoms with van der Waals surface area (Å²) in [4.78, 5) is 23.1. The standard InChI is InChI=1S/C12H12ClNO3/c1-6(13)11(15)8-3-4-10-9(5-8)14-12(16)7(2)17-10/h3-7H,1-2H3,(H,14,16)/t6-,7+/m1/s1. The van der Waals surface area contributed by atoms with Gasteiger partial charge in [-0.2, -0.15) is 0 Å². The van der Waals surface area contributed by atoms with Crippen molar-refractivity contribution in [3.63, 3.8) is 0 Å². The van der Waals surface area contributed by atoms with Crippen molar-refractivity contribution in [2.24, 2.45) is 0 Å². The molecule has 5 heteroatoms. The summed E-state index contributed by atoms with van der Waals surface area (Å²) in [7, 11) is 0. The molecule has 1 heterocycles. The largest absolute Gasteiger partial charge is 0.479 e. The second-order valence-electron chi connectivity index (χ2n) is 3.94. The van der Waals surface area contributed by atoms with Crippen LogP contribution in [0, 0.1) is 0 Å². The SMILES string of the molecule is C[C@@H]1Oc2ccc(C(=O)[C@@H](C)Cl)cc2NC1=O. The zero-order valence-electron chi connectivity index (χ0n) is 9.49. The number of amides is 1. The van der Waals surface area contributed by atoms with E-state index in [1.807, 2.05) is 0 Å². The Morgan fingerprint density at radius 2 is 2.24 bits per heavy atom. The number of ether oxygens (including phenoxy) is 1. The van der Waals surface area contributed by atoms with E-state index in [1.165, 1.54) is 0 Å². The Kier molecular flexibility index (Phi) is 3.07. The van der Waals surface area contributed by atoms with Gasteiger partial charge in [-0.25, -0.2) is 0 Å². The molecule has 0 unspecified atom stereocenters. The van der Waals surface area contributed by atoms with Crippen molar-refractivity contribution in [2.75, 3.05) is 5.32 Å². The van der Waals surface area contributed by atoms with Crippen LogP contribution in [-0.4, -0.2) is 23.2 Å². The van der Waals surface area contributed by atoms with Gasteiger partial charge in [0.2, 0.25) is 0 Å². The highest BCUT2D eigenvalue weighted by Crippen LogP contribution is 2.30. The van der Waals surface area contributed by atoms with Gasteiger partial charge < -0.3 is 10.1 Å². The third-order valence-electron chi connectivity index (χ3n) is 2.56. The number of hydrogen-bond donors (Lipinski definition) is 1. The monoisotopic (exact) mass is 253 g/mol. The quantitative estimate of drug-likeness (QED) is 0.649. The van der Waals surface area contributed by atoms with Crippen molar-refractivity contribution >= 4 is 29.0 Å². The number of fused-ring (bicyclic) bond motifs is 1. The van der Waals surface area contributed by atoms with Crippen LogP contribution < -0.4 is 10.1 Å². The lowest BCUT2D eigenvalue weighted by atomic mass is 10.1. The van der Waals surface area contributed by atoms with Crippen molar-refractivity contribution in [3.05, 3.63) is 23.8 Å². The Bertz CT molecular complexity index is 485. The summed E-state index contributed by atoms with van der Waals surface area (Å²) < 4.78 is 5.38. The van der Waals surface area contributed by atoms with E-state index in [4.69, 9.17) is 16.3 Å². The van der Waals surface area contributed by atoms with E-state index in [9.17, 15) is 9.59 Å². The van der Waals surface area contributed by atoms with Crippen LogP contribution in [0.3, 0.4) is 0 Å². The average molecular weight is 254 g/mol. The second-order valence-corrected chi connectivity index (χ2v) is 4.60. The van der Waals surface area contributed by atoms with E-state index in [0.717, 1.165) is 0 Å². The van der Waals surface area contributed by atoms with Gasteiger partial charge in [0.15, 0.2) is 11.9 Å². The first kappa shape index (κ1) is 11.9. The van der Waals surface area contributed by atoms with Gasteiger partial charge in [0.05, 0.1) is 11.1 Å². The summed E-state index contributed by atoms with van der Waals surface area (Å²) in [5, 5.41) is 2.09. The Balaban J connectivity index is 2.35. The summed E-state index contributed by atoms with van der Waals surface area (Å²) >= 11 is 5.73. The number of ketones is 1. The molecule has 1 aliphatic heterocycles. The van der Waals surface area contributed by atoms with Gasteiger partial charge in [0.25, 0.3) is 5.91 Å². The molecule has 2 rings (SSSR count). The molecule has 0 bridgehead atoms. The fraction of sp³-hybridized carbons (Fsp3) is 0.333. The number of carbonyl (C=O) groups excluding carboxylic acids is 2. The molecule has 1 amide bonds. The smallest absolute Gasteiger partial charge is 0.265 e. The van der Waals surface area contributed by atoms with Gasteiger partial charge in [-0.1, -0.05) is 0 Å². The molecule has 0 radical (unpaired) electrons. The molecule has 1 N–H and O–H groups in total. The summed E-state index contributed by atoms with van der Waals surface area (Å²) in [6, 6.07) is 4.89. The number of nitrogens with one attached hydrogen (secondary N) is 1. The number of anilines is 1. The summed E-state index contributed by atoms with van der Waals surface area (Å²) in [6.45, 7) is 3.28. The lowest BCUT2D eigenvalue weighted by Crippen LogP contribution is -2.34. The zero-order chi connectivity index (χ0) is 12.6. The zero-order valence-corrected chi connectivity index (χ0v) is 10.2. The molecule has 0 aromatic heterocycles. The van der Waals surface area contributed by atoms with Crippen LogP contribution in [0.1, 0.15) is 24.2 Å². The number of benzene rings is 1. The molecule has 0 spiro atoms. The van der Waals surface area contributed by atoms with Crippen LogP contribution in [-0.2, 0) is 4.79 Å². The number of rotatable bonds is 2. The first-order chi connectivity index (χ1) is 7.99. The van der Waals surface area contributed by atoms with Gasteiger partial charge in [0, 0.05) is 5.56 Å². The molecule has 17 heavy (non-hydrogen) atoms. The van der Waals surface area contributed by atoms with Crippen molar-refractivity contribution in [3.8, 4) is 5.75 Å². The van der Waals surface area contributed by atoms with E-state index in [-0.39, 0.29) is 11.7 Å². The topological polar surface area (TPSA) is 55.4 Å². The molecule has 1 aromatic carbocycles. The molecule has 0 saturated carbocycles. The highest BCUT2D eigenvalue weighted by Gasteiger charge is 2.24. The highest BCUT2D eigenvalue weighted by molar-refractivity contribution is 6.33. The van der Waals surface area contributed by atoms with E-state index >= 15 is 0 Å². The summed E-state index contributed by atoms with van der Waals surface area (Å²) in [5.41, 5.74) is 0.973. The van der Waals surface area contributed by atoms with Crippen LogP contribution in [0.25, 0.3) is 0 Å². The molecule has 1 aliphatic rings. The fourth-order valence-electron chi connectivity index (χ4n) is 1.59. The van der Waals surface area contributed by atoms with Crippen molar-refractivity contribution in [1.82, 2.24) is 0 Å². The Morgan fingerprint density at radius 3 is 2.88 bits per heavy atom. The molecule has 1 aromatic rings. The van der Waals surface area contributed by atoms with Crippen LogP contribution >= 0.6 is 11.6 Å². The lowest BCUT2D eigenvalue weighted by molar-refractivity contribution is -0.122. The third kappa shape index (κ3) is 2.26. The van der Waals surface area contributed by atoms with Crippen LogP contribution in [0.5, 0.6) is 5.75 Å². The highest BCUT2D eigenvalue weighted by atomic mass is 35.5. The molecule has 90 valence electrons. The number of carbonyl (C=O) groups is 2. The molecular weight excluding hydrogens is 242 g/mol. The minimum Gasteiger partial charge on any atom is -0.479 e. The average Bonchev–Trinajstić information content (AvgIpc) is 2.29. The molecular formula is C12H12ClNO3. The lowest BCUT2D eigenvalue weighted by Gasteiger charge is -2.23. The van der Waals surface area contributed by atoms with E-state index in [2.05, 4.69) is 5.32 Å². The van der Waals surface area contributed by atoms with Gasteiger partial charge in [-0.3, -0.25) is 9.59 Å². The van der Waals surface area contributed by atoms with Crippen LogP contribution in [0.2, 0.25) is 0 Å². The second kappa shape index (κ2) is 4.37. The molecule has 0 aliphatic carbocycles. The number of Topliss-reactive ketones (excluding diaryl/α,β-unsaturated/α-hetero) is 1. The third-order valence-corrected chi connectivity index (χ3v) is 2.75. The minimum atomic E-state index is -0.591. The number of alkyl halides is 1. The van der Waals surface area contributed by atoms with Gasteiger partial charge >= 0.3 is 0 Å². The van der Waals surface area contributed by atoms with Gasteiger partial charge in [-0.05, 0) is 32.0 Å². The van der Waals surface area contributed by atoms with E-state index in [1.54, 1.807) is 32.0 Å². The predicted molar refractivity (Wildman–Crippen MR) is 64.8 cm³/mol. The van der Waals surface area contributed by atoms with Crippen molar-refractivity contribution in [2.45, 2.75) is 25.3 Å². The summed E-state index contributed by atoms with van der Waals surface area (Å²) in [6.07, 6.45) is -0.518. The molecule has 0 fully saturated rings. The van der Waals surface area contributed by atoms with Crippen molar-refractivity contribution in [1.29, 1.82) is 0 Å². The Morgan fingerprint density at radius 1 is 1.53 bits per heavy atom. The number of hydrogen-bond acceptors (Lipinski definition) is 3. The minimum absolute atomic E-state index is 0.178. The van der Waals surface area contributed by atoms with E-state index in [0.29, 0.717) is 17.0 Å². The van der Waals surface area contributed by atoms with Crippen LogP contribution in [0.15, 0.2) is 18.2 Å². The Labute approximate surface area is 104 Å². The Hall–Kier alpha value is -1.55. The van der Waals surface area contributed by atoms with E-state index < -0.39 is 11.5 Å². The van der Waals surface area contributed by atoms with Gasteiger partial charge in [-0.15, -0.1) is 11.6 Å². The first-order valence-electron chi connectivity index (χ1n) is 5.29. The normalized spacial score (nSPS) is 19.9. The maximum absolute atomic E-state index is 11.7. The molecule has 0 saturated heterocycles. The van der Waals surface area contributed by atoms with Crippen LogP contribution in [0.4, 0.5) is 5.69 Å². The number of halogens is 1. The van der Waals surface area contributed by atoms with Crippen molar-refractivity contribution < 1.29 is 14.3 Å². The fourth-order valence-corrected chi connectivity index (χ4v) is 1.72. The maximum Gasteiger partial charge on any atom is 0.265 e. The van der Waals surface area contributed by atoms with Gasteiger partial charge in [0.1, 0.15) is 5.75 Å².